The molecule has 1 atom stereocenters. The lowest BCUT2D eigenvalue weighted by molar-refractivity contribution is -0.156. The van der Waals surface area contributed by atoms with Crippen LogP contribution in [0.4, 0.5) is 24.3 Å². The smallest absolute Gasteiger partial charge is 0.412 e. The molecule has 0 spiro atoms. The number of thiazole rings is 1. The Morgan fingerprint density at radius 2 is 1.62 bits per heavy atom. The van der Waals surface area contributed by atoms with Crippen LogP contribution < -0.4 is 10.2 Å². The number of hydrogen-bond donors (Lipinski definition) is 1. The van der Waals surface area contributed by atoms with Gasteiger partial charge in [0.2, 0.25) is 0 Å². The van der Waals surface area contributed by atoms with Crippen LogP contribution in [0.3, 0.4) is 0 Å². The molecule has 0 aliphatic carbocycles. The van der Waals surface area contributed by atoms with Crippen molar-refractivity contribution in [2.75, 3.05) is 23.3 Å². The van der Waals surface area contributed by atoms with Crippen molar-refractivity contribution in [3.63, 3.8) is 0 Å². The highest BCUT2D eigenvalue weighted by Gasteiger charge is 2.32. The Bertz CT molecular complexity index is 2380. The summed E-state index contributed by atoms with van der Waals surface area (Å²) in [6, 6.07) is 12.9. The van der Waals surface area contributed by atoms with Gasteiger partial charge in [-0.3, -0.25) is 14.9 Å². The Morgan fingerprint density at radius 1 is 0.946 bits per heavy atom. The number of aromatic nitrogens is 3. The number of anilines is 2. The van der Waals surface area contributed by atoms with E-state index in [-0.39, 0.29) is 51.0 Å². The molecule has 0 radical (unpaired) electrons. The fourth-order valence-corrected chi connectivity index (χ4v) is 8.94. The van der Waals surface area contributed by atoms with Gasteiger partial charge < -0.3 is 14.4 Å². The molecule has 1 amide bonds. The molecule has 12 nitrogen and oxygen atoms in total. The molecular formula is C40H43F2N5O7S2. The van der Waals surface area contributed by atoms with Gasteiger partial charge in [-0.2, -0.15) is 0 Å². The number of Topliss-reactive ketones (excluding diaryl/α,β-unsaturated/α-hetero) is 1. The number of hydrogen-bond acceptors (Lipinski definition) is 11. The predicted octanol–water partition coefficient (Wildman–Crippen LogP) is 8.40. The van der Waals surface area contributed by atoms with E-state index in [9.17, 15) is 31.6 Å². The molecule has 1 aliphatic heterocycles. The first-order valence-electron chi connectivity index (χ1n) is 18.1. The number of ether oxygens (including phenoxy) is 2. The second-order valence-electron chi connectivity index (χ2n) is 15.6. The Balaban J connectivity index is 1.43. The van der Waals surface area contributed by atoms with E-state index in [1.807, 2.05) is 4.90 Å². The van der Waals surface area contributed by atoms with Gasteiger partial charge in [-0.05, 0) is 90.6 Å². The molecule has 3 aromatic heterocycles. The lowest BCUT2D eigenvalue weighted by atomic mass is 9.93. The lowest BCUT2D eigenvalue weighted by Crippen LogP contribution is -2.38. The van der Waals surface area contributed by atoms with Crippen LogP contribution in [-0.2, 0) is 30.7 Å². The number of halogens is 2. The summed E-state index contributed by atoms with van der Waals surface area (Å²) in [6.45, 7) is 11.3. The summed E-state index contributed by atoms with van der Waals surface area (Å²) >= 11 is 0.719. The van der Waals surface area contributed by atoms with Crippen LogP contribution in [0.25, 0.3) is 21.6 Å². The van der Waals surface area contributed by atoms with Crippen molar-refractivity contribution >= 4 is 60.9 Å². The topological polar surface area (TPSA) is 150 Å². The summed E-state index contributed by atoms with van der Waals surface area (Å²) in [6.07, 6.45) is 3.20. The number of esters is 1. The van der Waals surface area contributed by atoms with Crippen molar-refractivity contribution in [3.8, 4) is 10.6 Å². The lowest BCUT2D eigenvalue weighted by Gasteiger charge is -2.36. The minimum Gasteiger partial charge on any atom is -0.460 e. The number of nitrogens with one attached hydrogen (secondary N) is 1. The largest absolute Gasteiger partial charge is 0.460 e. The van der Waals surface area contributed by atoms with E-state index >= 15 is 0 Å². The van der Waals surface area contributed by atoms with Crippen molar-refractivity contribution in [2.45, 2.75) is 83.3 Å². The zero-order valence-electron chi connectivity index (χ0n) is 31.9. The van der Waals surface area contributed by atoms with Crippen molar-refractivity contribution in [3.05, 3.63) is 89.9 Å². The van der Waals surface area contributed by atoms with Crippen molar-refractivity contribution in [2.24, 2.45) is 5.92 Å². The van der Waals surface area contributed by atoms with E-state index in [0.29, 0.717) is 36.1 Å². The minimum atomic E-state index is -4.07. The first-order valence-corrected chi connectivity index (χ1v) is 20.3. The van der Waals surface area contributed by atoms with Gasteiger partial charge in [0.05, 0.1) is 22.6 Å². The van der Waals surface area contributed by atoms with Gasteiger partial charge in [-0.15, -0.1) is 0 Å². The summed E-state index contributed by atoms with van der Waals surface area (Å²) in [5, 5.41) is 2.74. The molecular weight excluding hydrogens is 765 g/mol. The molecule has 2 aromatic carbocycles. The molecule has 1 saturated heterocycles. The number of amides is 1. The molecule has 6 rings (SSSR count). The fraction of sp³-hybridized carbons (Fsp3) is 0.375. The van der Waals surface area contributed by atoms with Crippen LogP contribution >= 0.6 is 11.3 Å². The zero-order chi connectivity index (χ0) is 40.6. The second-order valence-corrected chi connectivity index (χ2v) is 18.4. The third kappa shape index (κ3) is 9.07. The second kappa shape index (κ2) is 15.7. The van der Waals surface area contributed by atoms with Crippen LogP contribution in [0.5, 0.6) is 0 Å². The summed E-state index contributed by atoms with van der Waals surface area (Å²) in [7, 11) is -4.07. The van der Waals surface area contributed by atoms with Crippen LogP contribution in [0.1, 0.15) is 76.9 Å². The molecule has 1 fully saturated rings. The predicted molar refractivity (Wildman–Crippen MR) is 210 cm³/mol. The number of carbonyl (C=O) groups is 3. The number of pyridine rings is 1. The van der Waals surface area contributed by atoms with E-state index < -0.39 is 50.3 Å². The van der Waals surface area contributed by atoms with Gasteiger partial charge in [0.1, 0.15) is 38.5 Å². The number of carbonyl (C=O) groups excluding carboxylic acids is 3. The highest BCUT2D eigenvalue weighted by Crippen LogP contribution is 2.39. The third-order valence-corrected chi connectivity index (χ3v) is 11.4. The standard InChI is InChI=1S/C40H43F2N5O7S2/c1-39(2,3)53-31(49)20-24-12-11-18-46(23-24)34-25(22-43-35-27(34)17-19-47(35)56(51,52)26-13-8-7-9-14-26)21-30(48)33-37(45-38(50)54-40(4,5)6)55-36(44-33)32-28(41)15-10-16-29(32)42/h7-10,13-17,19,22,24H,11-12,18,20-21,23H2,1-6H3,(H,45,50)/t24-/m1/s1. The Morgan fingerprint density at radius 3 is 2.29 bits per heavy atom. The van der Waals surface area contributed by atoms with E-state index in [1.165, 1.54) is 30.6 Å². The molecule has 296 valence electrons. The molecule has 0 saturated carbocycles. The van der Waals surface area contributed by atoms with Crippen LogP contribution in [-0.4, -0.2) is 64.5 Å². The maximum Gasteiger partial charge on any atom is 0.412 e. The Hall–Kier alpha value is -5.22. The van der Waals surface area contributed by atoms with Gasteiger partial charge in [0.25, 0.3) is 10.0 Å². The van der Waals surface area contributed by atoms with Gasteiger partial charge in [-0.1, -0.05) is 35.6 Å². The van der Waals surface area contributed by atoms with Crippen LogP contribution in [0, 0.1) is 17.6 Å². The number of ketones is 1. The third-order valence-electron chi connectivity index (χ3n) is 8.77. The summed E-state index contributed by atoms with van der Waals surface area (Å²) < 4.78 is 69.6. The molecule has 0 bridgehead atoms. The Kier molecular flexibility index (Phi) is 11.4. The molecule has 5 aromatic rings. The normalized spacial score (nSPS) is 15.1. The molecule has 16 heteroatoms. The monoisotopic (exact) mass is 807 g/mol. The van der Waals surface area contributed by atoms with E-state index in [4.69, 9.17) is 9.47 Å². The molecule has 1 aliphatic rings. The maximum atomic E-state index is 14.9. The van der Waals surface area contributed by atoms with Crippen molar-refractivity contribution in [1.29, 1.82) is 0 Å². The summed E-state index contributed by atoms with van der Waals surface area (Å²) in [4.78, 5) is 51.1. The molecule has 56 heavy (non-hydrogen) atoms. The van der Waals surface area contributed by atoms with E-state index in [0.717, 1.165) is 33.9 Å². The first kappa shape index (κ1) is 40.4. The maximum absolute atomic E-state index is 14.9. The van der Waals surface area contributed by atoms with Gasteiger partial charge in [-0.25, -0.2) is 35.9 Å². The summed E-state index contributed by atoms with van der Waals surface area (Å²) in [5.74, 6) is -2.87. The minimum absolute atomic E-state index is 0.0612. The zero-order valence-corrected chi connectivity index (χ0v) is 33.5. The first-order chi connectivity index (χ1) is 26.3. The quantitative estimate of drug-likeness (QED) is 0.108. The fourth-order valence-electron chi connectivity index (χ4n) is 6.60. The van der Waals surface area contributed by atoms with Gasteiger partial charge in [0, 0.05) is 42.9 Å². The van der Waals surface area contributed by atoms with Gasteiger partial charge in [0.15, 0.2) is 11.4 Å². The number of piperidine rings is 1. The Labute approximate surface area is 327 Å². The number of rotatable bonds is 10. The van der Waals surface area contributed by atoms with E-state index in [1.54, 1.807) is 65.8 Å². The van der Waals surface area contributed by atoms with Crippen molar-refractivity contribution in [1.82, 2.24) is 13.9 Å². The van der Waals surface area contributed by atoms with Crippen molar-refractivity contribution < 1.29 is 41.1 Å². The number of fused-ring (bicyclic) bond motifs is 1. The number of nitrogens with zero attached hydrogens (tertiary/aromatic N) is 4. The molecule has 4 heterocycles. The highest BCUT2D eigenvalue weighted by molar-refractivity contribution is 7.90. The average Bonchev–Trinajstić information content (AvgIpc) is 3.72. The molecule has 1 N–H and O–H groups in total. The van der Waals surface area contributed by atoms with Crippen LogP contribution in [0.15, 0.2) is 71.9 Å². The SMILES string of the molecule is CC(C)(C)OC(=O)C[C@H]1CCCN(c2c(CC(=O)c3nc(-c4c(F)cccc4F)sc3NC(=O)OC(C)(C)C)cnc3c2ccn3S(=O)(=O)c2ccccc2)C1. The average molecular weight is 808 g/mol. The van der Waals surface area contributed by atoms with E-state index in [2.05, 4.69) is 15.3 Å². The highest BCUT2D eigenvalue weighted by atomic mass is 32.2. The van der Waals surface area contributed by atoms with Crippen LogP contribution in [0.2, 0.25) is 0 Å². The molecule has 0 unspecified atom stereocenters. The van der Waals surface area contributed by atoms with Gasteiger partial charge >= 0.3 is 12.1 Å². The number of benzene rings is 2. The summed E-state index contributed by atoms with van der Waals surface area (Å²) in [5.41, 5.74) is -1.19.